The van der Waals surface area contributed by atoms with Gasteiger partial charge < -0.3 is 0 Å². The molecular weight excluding hydrogens is 414 g/mol. The number of carbonyl (C=O) groups excluding carboxylic acids is 1. The number of hydrogen-bond donors (Lipinski definition) is 0. The van der Waals surface area contributed by atoms with E-state index in [4.69, 9.17) is 0 Å². The van der Waals surface area contributed by atoms with Crippen molar-refractivity contribution >= 4 is 39.8 Å². The van der Waals surface area contributed by atoms with E-state index < -0.39 is 0 Å². The van der Waals surface area contributed by atoms with Crippen molar-refractivity contribution in [1.29, 1.82) is 0 Å². The first-order valence-electron chi connectivity index (χ1n) is 11.2. The molecule has 1 atom stereocenters. The zero-order valence-corrected chi connectivity index (χ0v) is 19.7. The van der Waals surface area contributed by atoms with Crippen LogP contribution < -0.4 is 0 Å². The lowest BCUT2D eigenvalue weighted by molar-refractivity contribution is -0.126. The zero-order chi connectivity index (χ0) is 22.5. The summed E-state index contributed by atoms with van der Waals surface area (Å²) in [5, 5.41) is 11.8. The number of unbranched alkanes of at least 4 members (excludes halogenated alkanes) is 1. The molecule has 0 saturated carbocycles. The molecule has 0 N–H and O–H groups in total. The molecule has 0 radical (unpaired) electrons. The Morgan fingerprint density at radius 1 is 1.06 bits per heavy atom. The number of aryl methyl sites for hydroxylation is 2. The van der Waals surface area contributed by atoms with E-state index in [0.717, 1.165) is 36.0 Å². The van der Waals surface area contributed by atoms with Crippen molar-refractivity contribution in [2.45, 2.75) is 51.8 Å². The van der Waals surface area contributed by atoms with Gasteiger partial charge in [0.15, 0.2) is 5.17 Å². The van der Waals surface area contributed by atoms with Crippen LogP contribution in [0.25, 0.3) is 10.8 Å². The van der Waals surface area contributed by atoms with Gasteiger partial charge in [0.2, 0.25) is 5.91 Å². The normalized spacial score (nSPS) is 17.8. The van der Waals surface area contributed by atoms with Crippen LogP contribution in [0.5, 0.6) is 0 Å². The Morgan fingerprint density at radius 3 is 2.69 bits per heavy atom. The number of hydrogen-bond acceptors (Lipinski definition) is 4. The van der Waals surface area contributed by atoms with Crippen LogP contribution in [0, 0.1) is 13.8 Å². The lowest BCUT2D eigenvalue weighted by atomic mass is 10.0. The Labute approximate surface area is 194 Å². The van der Waals surface area contributed by atoms with E-state index in [9.17, 15) is 4.79 Å². The molecule has 1 fully saturated rings. The lowest BCUT2D eigenvalue weighted by Gasteiger charge is -2.17. The molecule has 0 bridgehead atoms. The first kappa shape index (κ1) is 22.3. The van der Waals surface area contributed by atoms with Gasteiger partial charge in [-0.1, -0.05) is 97.8 Å². The van der Waals surface area contributed by atoms with Crippen LogP contribution >= 0.6 is 11.8 Å². The van der Waals surface area contributed by atoms with Gasteiger partial charge in [0.25, 0.3) is 0 Å². The summed E-state index contributed by atoms with van der Waals surface area (Å²) in [5.74, 6) is 0.136. The third kappa shape index (κ3) is 4.94. The van der Waals surface area contributed by atoms with E-state index >= 15 is 0 Å². The molecular formula is C27H29N3OS. The van der Waals surface area contributed by atoms with E-state index in [1.807, 2.05) is 17.0 Å². The molecule has 1 aliphatic heterocycles. The molecule has 1 unspecified atom stereocenters. The standard InChI is InChI=1S/C27H29N3OS/c1-4-5-13-25-26(31)30(18-23-11-8-10-21-9-6-7-12-24(21)23)27(32-25)29-28-17-22-15-14-19(2)16-20(22)3/h6-12,14-17,25H,4-5,13,18H2,1-3H3/b28-17+,29-27+. The maximum Gasteiger partial charge on any atom is 0.242 e. The molecule has 3 aromatic rings. The fourth-order valence-electron chi connectivity index (χ4n) is 4.02. The van der Waals surface area contributed by atoms with Crippen LogP contribution in [0.15, 0.2) is 70.9 Å². The van der Waals surface area contributed by atoms with Gasteiger partial charge in [-0.2, -0.15) is 5.10 Å². The molecule has 1 heterocycles. The van der Waals surface area contributed by atoms with Gasteiger partial charge in [0, 0.05) is 0 Å². The van der Waals surface area contributed by atoms with E-state index in [1.54, 1.807) is 18.0 Å². The Bertz CT molecular complexity index is 1180. The number of amides is 1. The number of rotatable bonds is 7. The van der Waals surface area contributed by atoms with Crippen LogP contribution in [0.2, 0.25) is 0 Å². The monoisotopic (exact) mass is 443 g/mol. The van der Waals surface area contributed by atoms with Crippen molar-refractivity contribution in [2.75, 3.05) is 0 Å². The summed E-state index contributed by atoms with van der Waals surface area (Å²) in [6.45, 7) is 6.81. The number of amidine groups is 1. The smallest absolute Gasteiger partial charge is 0.242 e. The topological polar surface area (TPSA) is 45.0 Å². The van der Waals surface area contributed by atoms with Gasteiger partial charge in [-0.3, -0.25) is 9.69 Å². The van der Waals surface area contributed by atoms with E-state index in [1.165, 1.54) is 16.3 Å². The Morgan fingerprint density at radius 2 is 1.88 bits per heavy atom. The number of fused-ring (bicyclic) bond motifs is 1. The quantitative estimate of drug-likeness (QED) is 0.310. The van der Waals surface area contributed by atoms with Gasteiger partial charge in [0.1, 0.15) is 0 Å². The van der Waals surface area contributed by atoms with Crippen molar-refractivity contribution in [1.82, 2.24) is 4.90 Å². The summed E-state index contributed by atoms with van der Waals surface area (Å²) >= 11 is 1.55. The summed E-state index contributed by atoms with van der Waals surface area (Å²) in [6, 6.07) is 20.8. The number of benzene rings is 3. The van der Waals surface area contributed by atoms with Crippen LogP contribution in [0.1, 0.15) is 48.4 Å². The Kier molecular flexibility index (Phi) is 7.05. The highest BCUT2D eigenvalue weighted by Crippen LogP contribution is 2.33. The Hall–Kier alpha value is -2.92. The molecule has 164 valence electrons. The average Bonchev–Trinajstić information content (AvgIpc) is 3.08. The van der Waals surface area contributed by atoms with Crippen molar-refractivity contribution in [2.24, 2.45) is 10.2 Å². The first-order chi connectivity index (χ1) is 15.6. The summed E-state index contributed by atoms with van der Waals surface area (Å²) < 4.78 is 0. The lowest BCUT2D eigenvalue weighted by Crippen LogP contribution is -2.31. The Balaban J connectivity index is 1.62. The molecule has 4 rings (SSSR count). The number of carbonyl (C=O) groups is 1. The van der Waals surface area contributed by atoms with Crippen LogP contribution in [-0.2, 0) is 11.3 Å². The van der Waals surface area contributed by atoms with Gasteiger partial charge in [-0.25, -0.2) is 0 Å². The SMILES string of the molecule is CCCCC1S/C(=N/N=C/c2ccc(C)cc2C)N(Cc2cccc3ccccc23)C1=O. The maximum absolute atomic E-state index is 13.3. The first-order valence-corrected chi connectivity index (χ1v) is 12.1. The minimum absolute atomic E-state index is 0.0833. The summed E-state index contributed by atoms with van der Waals surface area (Å²) in [5.41, 5.74) is 4.55. The second-order valence-corrected chi connectivity index (χ2v) is 9.47. The van der Waals surface area contributed by atoms with Gasteiger partial charge in [-0.05, 0) is 47.7 Å². The third-order valence-corrected chi connectivity index (χ3v) is 7.05. The molecule has 5 heteroatoms. The molecule has 32 heavy (non-hydrogen) atoms. The maximum atomic E-state index is 13.3. The molecule has 0 spiro atoms. The second kappa shape index (κ2) is 10.1. The predicted molar refractivity (Wildman–Crippen MR) is 136 cm³/mol. The zero-order valence-electron chi connectivity index (χ0n) is 18.9. The van der Waals surface area contributed by atoms with Gasteiger partial charge in [-0.15, -0.1) is 5.10 Å². The molecule has 4 nitrogen and oxygen atoms in total. The summed E-state index contributed by atoms with van der Waals surface area (Å²) in [4.78, 5) is 15.1. The number of thioether (sulfide) groups is 1. The average molecular weight is 444 g/mol. The molecule has 0 aromatic heterocycles. The number of nitrogens with zero attached hydrogens (tertiary/aromatic N) is 3. The van der Waals surface area contributed by atoms with Crippen molar-refractivity contribution in [3.8, 4) is 0 Å². The minimum Gasteiger partial charge on any atom is -0.284 e. The molecule has 1 aliphatic rings. The molecule has 3 aromatic carbocycles. The fraction of sp³-hybridized carbons (Fsp3) is 0.296. The van der Waals surface area contributed by atoms with Crippen molar-refractivity contribution in [3.05, 3.63) is 82.9 Å². The van der Waals surface area contributed by atoms with Gasteiger partial charge in [0.05, 0.1) is 18.0 Å². The third-order valence-electron chi connectivity index (χ3n) is 5.81. The highest BCUT2D eigenvalue weighted by Gasteiger charge is 2.37. The van der Waals surface area contributed by atoms with Gasteiger partial charge >= 0.3 is 0 Å². The minimum atomic E-state index is -0.0833. The van der Waals surface area contributed by atoms with E-state index in [2.05, 4.69) is 79.5 Å². The van der Waals surface area contributed by atoms with Crippen LogP contribution in [0.3, 0.4) is 0 Å². The predicted octanol–water partition coefficient (Wildman–Crippen LogP) is 6.48. The fourth-order valence-corrected chi connectivity index (χ4v) is 5.16. The largest absolute Gasteiger partial charge is 0.284 e. The second-order valence-electron chi connectivity index (χ2n) is 8.30. The van der Waals surface area contributed by atoms with Crippen molar-refractivity contribution in [3.63, 3.8) is 0 Å². The summed E-state index contributed by atoms with van der Waals surface area (Å²) in [6.07, 6.45) is 4.75. The van der Waals surface area contributed by atoms with Crippen LogP contribution in [0.4, 0.5) is 0 Å². The van der Waals surface area contributed by atoms with E-state index in [-0.39, 0.29) is 11.2 Å². The van der Waals surface area contributed by atoms with E-state index in [0.29, 0.717) is 11.7 Å². The molecule has 0 aliphatic carbocycles. The van der Waals surface area contributed by atoms with Crippen LogP contribution in [-0.4, -0.2) is 27.4 Å². The molecule has 1 amide bonds. The highest BCUT2D eigenvalue weighted by molar-refractivity contribution is 8.15. The van der Waals surface area contributed by atoms with Crippen molar-refractivity contribution < 1.29 is 4.79 Å². The highest BCUT2D eigenvalue weighted by atomic mass is 32.2. The molecule has 1 saturated heterocycles. The summed E-state index contributed by atoms with van der Waals surface area (Å²) in [7, 11) is 0.